The summed E-state index contributed by atoms with van der Waals surface area (Å²) in [5.41, 5.74) is 2.29. The molecule has 4 heteroatoms. The molecule has 0 saturated carbocycles. The molecule has 4 nitrogen and oxygen atoms in total. The van der Waals surface area contributed by atoms with Crippen molar-refractivity contribution in [3.8, 4) is 0 Å². The summed E-state index contributed by atoms with van der Waals surface area (Å²) in [7, 11) is 0. The molecule has 1 aliphatic rings. The molecule has 1 aromatic carbocycles. The first kappa shape index (κ1) is 13.9. The highest BCUT2D eigenvalue weighted by molar-refractivity contribution is 5.87. The number of anilines is 1. The molecule has 0 bridgehead atoms. The summed E-state index contributed by atoms with van der Waals surface area (Å²) in [5, 5.41) is 6.21. The van der Waals surface area contributed by atoms with E-state index < -0.39 is 0 Å². The van der Waals surface area contributed by atoms with Gasteiger partial charge in [0.15, 0.2) is 0 Å². The quantitative estimate of drug-likeness (QED) is 0.739. The van der Waals surface area contributed by atoms with Crippen molar-refractivity contribution < 1.29 is 9.53 Å². The Balaban J connectivity index is 1.66. The molecular weight excluding hydrogens is 240 g/mol. The van der Waals surface area contributed by atoms with E-state index in [1.54, 1.807) is 0 Å². The topological polar surface area (TPSA) is 50.4 Å². The predicted octanol–water partition coefficient (Wildman–Crippen LogP) is 1.96. The largest absolute Gasteiger partial charge is 0.381 e. The first-order valence-electron chi connectivity index (χ1n) is 7.01. The van der Waals surface area contributed by atoms with Crippen molar-refractivity contribution >= 4 is 11.6 Å². The number of hydrogen-bond acceptors (Lipinski definition) is 3. The fourth-order valence-electron chi connectivity index (χ4n) is 2.21. The minimum absolute atomic E-state index is 0.0756. The fourth-order valence-corrected chi connectivity index (χ4v) is 2.21. The van der Waals surface area contributed by atoms with Crippen LogP contribution in [-0.4, -0.2) is 31.7 Å². The molecule has 19 heavy (non-hydrogen) atoms. The molecule has 0 aromatic heterocycles. The molecule has 1 aliphatic heterocycles. The maximum absolute atomic E-state index is 12.0. The van der Waals surface area contributed by atoms with Gasteiger partial charge in [0.2, 0.25) is 5.91 Å². The number of para-hydroxylation sites is 1. The Hall–Kier alpha value is -1.55. The Morgan fingerprint density at radius 2 is 2.26 bits per heavy atom. The molecule has 0 fully saturated rings. The average Bonchev–Trinajstić information content (AvgIpc) is 2.86. The lowest BCUT2D eigenvalue weighted by Gasteiger charge is -2.11. The Morgan fingerprint density at radius 1 is 1.42 bits per heavy atom. The van der Waals surface area contributed by atoms with Crippen molar-refractivity contribution in [2.45, 2.75) is 32.2 Å². The Kier molecular flexibility index (Phi) is 5.21. The summed E-state index contributed by atoms with van der Waals surface area (Å²) in [6.07, 6.45) is 2.68. The second-order valence-corrected chi connectivity index (χ2v) is 4.82. The fraction of sp³-hybridized carbons (Fsp3) is 0.533. The highest BCUT2D eigenvalue weighted by atomic mass is 16.5. The number of nitrogens with one attached hydrogen (secondary N) is 2. The van der Waals surface area contributed by atoms with Crippen molar-refractivity contribution in [2.24, 2.45) is 0 Å². The smallest absolute Gasteiger partial charge is 0.242 e. The number of benzene rings is 1. The van der Waals surface area contributed by atoms with Crippen LogP contribution in [0.3, 0.4) is 0 Å². The molecule has 0 saturated heterocycles. The number of fused-ring (bicyclic) bond motifs is 1. The van der Waals surface area contributed by atoms with Crippen LogP contribution in [0.2, 0.25) is 0 Å². The molecule has 2 N–H and O–H groups in total. The van der Waals surface area contributed by atoms with Gasteiger partial charge in [-0.2, -0.15) is 0 Å². The lowest BCUT2D eigenvalue weighted by Crippen LogP contribution is -2.39. The third-order valence-corrected chi connectivity index (χ3v) is 3.20. The SMILES string of the molecule is CCCOCCCNC(=O)C1Cc2ccccc2N1. The van der Waals surface area contributed by atoms with Gasteiger partial charge in [0.1, 0.15) is 6.04 Å². The van der Waals surface area contributed by atoms with Crippen LogP contribution >= 0.6 is 0 Å². The summed E-state index contributed by atoms with van der Waals surface area (Å²) >= 11 is 0. The molecule has 0 spiro atoms. The first-order valence-corrected chi connectivity index (χ1v) is 7.01. The Bertz CT molecular complexity index is 395. The van der Waals surface area contributed by atoms with Gasteiger partial charge in [-0.05, 0) is 24.5 Å². The highest BCUT2D eigenvalue weighted by Gasteiger charge is 2.25. The van der Waals surface area contributed by atoms with Crippen LogP contribution in [0, 0.1) is 0 Å². The van der Waals surface area contributed by atoms with Gasteiger partial charge in [-0.15, -0.1) is 0 Å². The van der Waals surface area contributed by atoms with Crippen LogP contribution in [0.1, 0.15) is 25.3 Å². The highest BCUT2D eigenvalue weighted by Crippen LogP contribution is 2.24. The molecular formula is C15H22N2O2. The second kappa shape index (κ2) is 7.14. The van der Waals surface area contributed by atoms with Crippen LogP contribution in [-0.2, 0) is 16.0 Å². The van der Waals surface area contributed by atoms with E-state index in [2.05, 4.69) is 23.6 Å². The minimum Gasteiger partial charge on any atom is -0.381 e. The molecule has 0 radical (unpaired) electrons. The van der Waals surface area contributed by atoms with E-state index in [0.29, 0.717) is 13.2 Å². The third kappa shape index (κ3) is 3.96. The summed E-state index contributed by atoms with van der Waals surface area (Å²) in [5.74, 6) is 0.0756. The van der Waals surface area contributed by atoms with Gasteiger partial charge >= 0.3 is 0 Å². The van der Waals surface area contributed by atoms with E-state index in [1.807, 2.05) is 18.2 Å². The van der Waals surface area contributed by atoms with Gasteiger partial charge in [0.05, 0.1) is 0 Å². The molecule has 1 unspecified atom stereocenters. The molecule has 1 aromatic rings. The maximum Gasteiger partial charge on any atom is 0.242 e. The predicted molar refractivity (Wildman–Crippen MR) is 76.3 cm³/mol. The zero-order chi connectivity index (χ0) is 13.5. The molecule has 2 rings (SSSR count). The summed E-state index contributed by atoms with van der Waals surface area (Å²) in [4.78, 5) is 12.0. The summed E-state index contributed by atoms with van der Waals surface area (Å²) < 4.78 is 5.37. The molecule has 0 aliphatic carbocycles. The summed E-state index contributed by atoms with van der Waals surface area (Å²) in [6.45, 7) is 4.28. The average molecular weight is 262 g/mol. The molecule has 1 atom stereocenters. The standard InChI is InChI=1S/C15H22N2O2/c1-2-9-19-10-5-8-16-15(18)14-11-12-6-3-4-7-13(12)17-14/h3-4,6-7,14,17H,2,5,8-11H2,1H3,(H,16,18). The van der Waals surface area contributed by atoms with Crippen LogP contribution in [0.4, 0.5) is 5.69 Å². The van der Waals surface area contributed by atoms with Crippen LogP contribution in [0.5, 0.6) is 0 Å². The van der Waals surface area contributed by atoms with Gasteiger partial charge in [-0.3, -0.25) is 4.79 Å². The number of ether oxygens (including phenoxy) is 1. The maximum atomic E-state index is 12.0. The number of amides is 1. The molecule has 1 heterocycles. The van der Waals surface area contributed by atoms with Crippen molar-refractivity contribution in [1.82, 2.24) is 5.32 Å². The van der Waals surface area contributed by atoms with Gasteiger partial charge in [0.25, 0.3) is 0 Å². The van der Waals surface area contributed by atoms with E-state index in [-0.39, 0.29) is 11.9 Å². The van der Waals surface area contributed by atoms with Crippen LogP contribution in [0.25, 0.3) is 0 Å². The van der Waals surface area contributed by atoms with Crippen LogP contribution < -0.4 is 10.6 Å². The Labute approximate surface area is 114 Å². The lowest BCUT2D eigenvalue weighted by molar-refractivity contribution is -0.121. The van der Waals surface area contributed by atoms with Crippen molar-refractivity contribution in [2.75, 3.05) is 25.1 Å². The number of rotatable bonds is 7. The molecule has 104 valence electrons. The second-order valence-electron chi connectivity index (χ2n) is 4.82. The van der Waals surface area contributed by atoms with Crippen molar-refractivity contribution in [3.05, 3.63) is 29.8 Å². The number of carbonyl (C=O) groups is 1. The van der Waals surface area contributed by atoms with Crippen LogP contribution in [0.15, 0.2) is 24.3 Å². The van der Waals surface area contributed by atoms with Crippen molar-refractivity contribution in [3.63, 3.8) is 0 Å². The van der Waals surface area contributed by atoms with E-state index in [1.165, 1.54) is 5.56 Å². The zero-order valence-corrected chi connectivity index (χ0v) is 11.4. The van der Waals surface area contributed by atoms with Crippen molar-refractivity contribution in [1.29, 1.82) is 0 Å². The normalized spacial score (nSPS) is 16.8. The monoisotopic (exact) mass is 262 g/mol. The van der Waals surface area contributed by atoms with Gasteiger partial charge in [0, 0.05) is 31.9 Å². The number of carbonyl (C=O) groups excluding carboxylic acids is 1. The minimum atomic E-state index is -0.131. The first-order chi connectivity index (χ1) is 9.31. The zero-order valence-electron chi connectivity index (χ0n) is 11.4. The Morgan fingerprint density at radius 3 is 3.05 bits per heavy atom. The van der Waals surface area contributed by atoms with Gasteiger partial charge in [-0.25, -0.2) is 0 Å². The number of hydrogen-bond donors (Lipinski definition) is 2. The summed E-state index contributed by atoms with van der Waals surface area (Å²) in [6, 6.07) is 7.94. The van der Waals surface area contributed by atoms with E-state index in [9.17, 15) is 4.79 Å². The lowest BCUT2D eigenvalue weighted by atomic mass is 10.1. The van der Waals surface area contributed by atoms with E-state index >= 15 is 0 Å². The van der Waals surface area contributed by atoms with E-state index in [0.717, 1.165) is 31.6 Å². The van der Waals surface area contributed by atoms with E-state index in [4.69, 9.17) is 4.74 Å². The third-order valence-electron chi connectivity index (χ3n) is 3.20. The van der Waals surface area contributed by atoms with Gasteiger partial charge in [-0.1, -0.05) is 25.1 Å². The van der Waals surface area contributed by atoms with Gasteiger partial charge < -0.3 is 15.4 Å². The molecule has 1 amide bonds.